The Morgan fingerprint density at radius 1 is 1.27 bits per heavy atom. The number of hydrazone groups is 1. The van der Waals surface area contributed by atoms with E-state index < -0.39 is 17.9 Å². The summed E-state index contributed by atoms with van der Waals surface area (Å²) >= 11 is 0. The van der Waals surface area contributed by atoms with Crippen LogP contribution in [0.2, 0.25) is 0 Å². The maximum absolute atomic E-state index is 12.6. The summed E-state index contributed by atoms with van der Waals surface area (Å²) in [6.45, 7) is 0.913. The van der Waals surface area contributed by atoms with E-state index in [1.807, 2.05) is 6.07 Å². The van der Waals surface area contributed by atoms with Gasteiger partial charge >= 0.3 is 5.97 Å². The number of anilines is 1. The number of carbonyl (C=O) groups excluding carboxylic acids is 2. The maximum atomic E-state index is 12.6. The van der Waals surface area contributed by atoms with E-state index in [9.17, 15) is 19.5 Å². The van der Waals surface area contributed by atoms with E-state index in [2.05, 4.69) is 10.4 Å². The Kier molecular flexibility index (Phi) is 5.62. The molecule has 0 spiro atoms. The van der Waals surface area contributed by atoms with Crippen molar-refractivity contribution in [3.05, 3.63) is 30.3 Å². The summed E-state index contributed by atoms with van der Waals surface area (Å²) in [7, 11) is 0. The summed E-state index contributed by atoms with van der Waals surface area (Å²) in [5.74, 6) is -2.14. The highest BCUT2D eigenvalue weighted by Gasteiger charge is 2.33. The van der Waals surface area contributed by atoms with Crippen molar-refractivity contribution in [3.8, 4) is 0 Å². The van der Waals surface area contributed by atoms with E-state index in [1.165, 1.54) is 5.01 Å². The predicted octanol–water partition coefficient (Wildman–Crippen LogP) is 1.17. The number of carboxylic acid groups (broad SMARTS) is 1. The predicted molar refractivity (Wildman–Crippen MR) is 93.7 cm³/mol. The topological polar surface area (TPSA) is 108 Å². The molecule has 8 heteroatoms. The number of ether oxygens (including phenoxy) is 1. The minimum Gasteiger partial charge on any atom is -0.480 e. The second-order valence-corrected chi connectivity index (χ2v) is 6.35. The van der Waals surface area contributed by atoms with Gasteiger partial charge in [0.15, 0.2) is 0 Å². The van der Waals surface area contributed by atoms with Gasteiger partial charge in [0.05, 0.1) is 12.3 Å². The highest BCUT2D eigenvalue weighted by molar-refractivity contribution is 6.40. The molecular weight excluding hydrogens is 338 g/mol. The summed E-state index contributed by atoms with van der Waals surface area (Å²) in [6.07, 6.45) is 1.77. The Morgan fingerprint density at radius 3 is 2.69 bits per heavy atom. The second-order valence-electron chi connectivity index (χ2n) is 6.35. The van der Waals surface area contributed by atoms with Gasteiger partial charge in [0.1, 0.15) is 11.8 Å². The van der Waals surface area contributed by atoms with E-state index in [1.54, 1.807) is 24.3 Å². The van der Waals surface area contributed by atoms with Crippen LogP contribution in [-0.4, -0.2) is 47.9 Å². The molecule has 1 saturated heterocycles. The van der Waals surface area contributed by atoms with Gasteiger partial charge in [0, 0.05) is 25.4 Å². The van der Waals surface area contributed by atoms with Crippen LogP contribution in [0.15, 0.2) is 35.4 Å². The molecule has 2 amide bonds. The van der Waals surface area contributed by atoms with Crippen molar-refractivity contribution in [2.24, 2.45) is 11.0 Å². The Labute approximate surface area is 150 Å². The molecule has 1 aromatic carbocycles. The van der Waals surface area contributed by atoms with Crippen LogP contribution >= 0.6 is 0 Å². The summed E-state index contributed by atoms with van der Waals surface area (Å²) in [4.78, 5) is 36.3. The average molecular weight is 359 g/mol. The normalized spacial score (nSPS) is 21.7. The molecule has 0 aromatic heterocycles. The first-order valence-corrected chi connectivity index (χ1v) is 8.63. The van der Waals surface area contributed by atoms with Crippen LogP contribution < -0.4 is 10.3 Å². The molecule has 2 N–H and O–H groups in total. The van der Waals surface area contributed by atoms with Crippen LogP contribution in [0, 0.1) is 5.92 Å². The number of para-hydroxylation sites is 1. The van der Waals surface area contributed by atoms with Crippen molar-refractivity contribution in [3.63, 3.8) is 0 Å². The van der Waals surface area contributed by atoms with Crippen LogP contribution in [0.25, 0.3) is 0 Å². The molecule has 1 aromatic rings. The third-order valence-electron chi connectivity index (χ3n) is 4.52. The van der Waals surface area contributed by atoms with Gasteiger partial charge in [-0.15, -0.1) is 0 Å². The Bertz CT molecular complexity index is 713. The molecule has 1 fully saturated rings. The fraction of sp³-hybridized carbons (Fsp3) is 0.444. The first-order chi connectivity index (χ1) is 12.6. The van der Waals surface area contributed by atoms with Crippen LogP contribution in [-0.2, 0) is 19.1 Å². The number of carboxylic acids is 1. The van der Waals surface area contributed by atoms with Crippen molar-refractivity contribution < 1.29 is 24.2 Å². The third-order valence-corrected chi connectivity index (χ3v) is 4.52. The monoisotopic (exact) mass is 359 g/mol. The minimum atomic E-state index is -1.10. The number of amides is 2. The lowest BCUT2D eigenvalue weighted by atomic mass is 9.93. The number of aliphatic carboxylic acids is 1. The van der Waals surface area contributed by atoms with E-state index in [0.29, 0.717) is 25.3 Å². The van der Waals surface area contributed by atoms with Gasteiger partial charge in [0.2, 0.25) is 5.91 Å². The zero-order valence-corrected chi connectivity index (χ0v) is 14.3. The Hall–Kier alpha value is -2.74. The molecular formula is C18H21N3O5. The standard InChI is InChI=1S/C18H21N3O5/c22-15-9-8-14(20-21(15)13-6-2-1-3-7-13)17(23)19-16(18(24)25)12-5-4-10-26-11-12/h1-3,6-7,12,16H,4-5,8-11H2,(H,19,23)(H,24,25). The fourth-order valence-corrected chi connectivity index (χ4v) is 3.12. The molecule has 2 unspecified atom stereocenters. The summed E-state index contributed by atoms with van der Waals surface area (Å²) in [6, 6.07) is 7.78. The fourth-order valence-electron chi connectivity index (χ4n) is 3.12. The Morgan fingerprint density at radius 2 is 2.04 bits per heavy atom. The van der Waals surface area contributed by atoms with Crippen molar-refractivity contribution in [2.75, 3.05) is 18.2 Å². The number of nitrogens with zero attached hydrogens (tertiary/aromatic N) is 2. The molecule has 2 heterocycles. The highest BCUT2D eigenvalue weighted by Crippen LogP contribution is 2.21. The molecule has 26 heavy (non-hydrogen) atoms. The molecule has 0 saturated carbocycles. The lowest BCUT2D eigenvalue weighted by Gasteiger charge is -2.29. The van der Waals surface area contributed by atoms with Gasteiger partial charge in [-0.1, -0.05) is 18.2 Å². The van der Waals surface area contributed by atoms with Crippen molar-refractivity contribution in [2.45, 2.75) is 31.7 Å². The lowest BCUT2D eigenvalue weighted by molar-refractivity contribution is -0.144. The molecule has 3 rings (SSSR count). The molecule has 138 valence electrons. The SMILES string of the molecule is O=C(NC(C(=O)O)C1CCCOC1)C1=NN(c2ccccc2)C(=O)CC1. The number of rotatable bonds is 5. The summed E-state index contributed by atoms with van der Waals surface area (Å²) < 4.78 is 5.33. The zero-order valence-electron chi connectivity index (χ0n) is 14.3. The molecule has 0 radical (unpaired) electrons. The third kappa shape index (κ3) is 4.08. The van der Waals surface area contributed by atoms with Crippen molar-refractivity contribution in [1.82, 2.24) is 5.32 Å². The van der Waals surface area contributed by atoms with Gasteiger partial charge in [0.25, 0.3) is 5.91 Å². The van der Waals surface area contributed by atoms with Crippen LogP contribution in [0.5, 0.6) is 0 Å². The average Bonchev–Trinajstić information content (AvgIpc) is 2.67. The summed E-state index contributed by atoms with van der Waals surface area (Å²) in [5, 5.41) is 17.4. The van der Waals surface area contributed by atoms with Gasteiger partial charge in [-0.2, -0.15) is 5.10 Å². The first kappa shape index (κ1) is 18.1. The lowest BCUT2D eigenvalue weighted by Crippen LogP contribution is -2.51. The van der Waals surface area contributed by atoms with Gasteiger partial charge in [-0.25, -0.2) is 9.80 Å². The largest absolute Gasteiger partial charge is 0.480 e. The Balaban J connectivity index is 1.75. The van der Waals surface area contributed by atoms with Crippen LogP contribution in [0.3, 0.4) is 0 Å². The molecule has 2 aliphatic heterocycles. The van der Waals surface area contributed by atoms with E-state index in [0.717, 1.165) is 6.42 Å². The maximum Gasteiger partial charge on any atom is 0.326 e. The van der Waals surface area contributed by atoms with Gasteiger partial charge in [-0.3, -0.25) is 9.59 Å². The zero-order chi connectivity index (χ0) is 18.5. The molecule has 0 bridgehead atoms. The number of hydrogen-bond donors (Lipinski definition) is 2. The van der Waals surface area contributed by atoms with Crippen molar-refractivity contribution in [1.29, 1.82) is 0 Å². The molecule has 2 aliphatic rings. The highest BCUT2D eigenvalue weighted by atomic mass is 16.5. The molecule has 2 atom stereocenters. The van der Waals surface area contributed by atoms with Crippen LogP contribution in [0.1, 0.15) is 25.7 Å². The number of hydrogen-bond acceptors (Lipinski definition) is 5. The number of nitrogens with one attached hydrogen (secondary N) is 1. The molecule has 8 nitrogen and oxygen atoms in total. The van der Waals surface area contributed by atoms with E-state index in [-0.39, 0.29) is 30.4 Å². The van der Waals surface area contributed by atoms with Gasteiger partial charge in [-0.05, 0) is 25.0 Å². The number of benzene rings is 1. The minimum absolute atomic E-state index is 0.144. The first-order valence-electron chi connectivity index (χ1n) is 8.63. The van der Waals surface area contributed by atoms with E-state index in [4.69, 9.17) is 4.74 Å². The van der Waals surface area contributed by atoms with Gasteiger partial charge < -0.3 is 15.2 Å². The second kappa shape index (κ2) is 8.09. The molecule has 0 aliphatic carbocycles. The van der Waals surface area contributed by atoms with Crippen molar-refractivity contribution >= 4 is 29.2 Å². The quantitative estimate of drug-likeness (QED) is 0.820. The van der Waals surface area contributed by atoms with Crippen LogP contribution in [0.4, 0.5) is 5.69 Å². The summed E-state index contributed by atoms with van der Waals surface area (Å²) in [5.41, 5.74) is 0.717. The number of carbonyl (C=O) groups is 3. The smallest absolute Gasteiger partial charge is 0.326 e. The van der Waals surface area contributed by atoms with E-state index >= 15 is 0 Å².